The van der Waals surface area contributed by atoms with Gasteiger partial charge in [0.25, 0.3) is 0 Å². The lowest BCUT2D eigenvalue weighted by atomic mass is 10.1. The highest BCUT2D eigenvalue weighted by atomic mass is 32.2. The Labute approximate surface area is 182 Å². The van der Waals surface area contributed by atoms with E-state index in [1.165, 1.54) is 4.90 Å². The molecule has 160 valence electrons. The molecule has 2 aromatic carbocycles. The average Bonchev–Trinajstić information content (AvgIpc) is 3.25. The van der Waals surface area contributed by atoms with Gasteiger partial charge in [-0.25, -0.2) is 8.42 Å². The van der Waals surface area contributed by atoms with Crippen LogP contribution in [0.3, 0.4) is 0 Å². The molecule has 0 amide bonds. The Kier molecular flexibility index (Phi) is 6.57. The van der Waals surface area contributed by atoms with Gasteiger partial charge in [0.05, 0.1) is 4.90 Å². The zero-order valence-electron chi connectivity index (χ0n) is 17.5. The minimum atomic E-state index is -3.48. The Bertz CT molecular complexity index is 1030. The third kappa shape index (κ3) is 5.86. The molecule has 0 atom stereocenters. The molecule has 4 rings (SSSR count). The first kappa shape index (κ1) is 22.4. The second-order valence-electron chi connectivity index (χ2n) is 8.26. The van der Waals surface area contributed by atoms with Crippen molar-refractivity contribution in [3.63, 3.8) is 0 Å². The van der Waals surface area contributed by atoms with Gasteiger partial charge < -0.3 is 9.68 Å². The monoisotopic (exact) mass is 446 g/mol. The van der Waals surface area contributed by atoms with E-state index in [1.54, 1.807) is 42.1 Å². The van der Waals surface area contributed by atoms with Crippen molar-refractivity contribution in [1.29, 1.82) is 0 Å². The predicted octanol–water partition coefficient (Wildman–Crippen LogP) is 5.26. The van der Waals surface area contributed by atoms with Gasteiger partial charge >= 0.3 is 0 Å². The highest BCUT2D eigenvalue weighted by Crippen LogP contribution is 2.31. The molecule has 8 heteroatoms. The number of hydrogen-bond donors (Lipinski definition) is 0. The first-order valence-corrected chi connectivity index (χ1v) is 11.9. The van der Waals surface area contributed by atoms with E-state index in [9.17, 15) is 8.42 Å². The van der Waals surface area contributed by atoms with Crippen molar-refractivity contribution in [3.8, 4) is 0 Å². The van der Waals surface area contributed by atoms with E-state index < -0.39 is 15.4 Å². The highest BCUT2D eigenvalue weighted by molar-refractivity contribution is 8.14. The summed E-state index contributed by atoms with van der Waals surface area (Å²) in [6.45, 7) is 7.72. The maximum atomic E-state index is 12.1. The maximum absolute atomic E-state index is 12.1. The average molecular weight is 447 g/mol. The van der Waals surface area contributed by atoms with Crippen LogP contribution in [0.25, 0.3) is 0 Å². The molecule has 2 heterocycles. The lowest BCUT2D eigenvalue weighted by Crippen LogP contribution is -2.22. The van der Waals surface area contributed by atoms with Crippen LogP contribution in [0.1, 0.15) is 40.5 Å². The molecule has 0 saturated heterocycles. The molecular formula is C22H26N2O4S2. The lowest BCUT2D eigenvalue weighted by molar-refractivity contribution is 0.0120. The summed E-state index contributed by atoms with van der Waals surface area (Å²) in [4.78, 5) is 11.8. The molecule has 0 unspecified atom stereocenters. The summed E-state index contributed by atoms with van der Waals surface area (Å²) < 4.78 is 24.2. The van der Waals surface area contributed by atoms with Crippen LogP contribution >= 0.6 is 11.8 Å². The van der Waals surface area contributed by atoms with Gasteiger partial charge in [0, 0.05) is 17.7 Å². The summed E-state index contributed by atoms with van der Waals surface area (Å²) in [6, 6.07) is 18.5. The van der Waals surface area contributed by atoms with Gasteiger partial charge in [0.15, 0.2) is 5.04 Å². The van der Waals surface area contributed by atoms with Gasteiger partial charge in [-0.05, 0) is 52.0 Å². The zero-order chi connectivity index (χ0) is 21.8. The summed E-state index contributed by atoms with van der Waals surface area (Å²) in [5.41, 5.74) is -0.658. The molecule has 6 nitrogen and oxygen atoms in total. The molecule has 2 aliphatic heterocycles. The van der Waals surface area contributed by atoms with Gasteiger partial charge in [-0.15, -0.1) is 0 Å². The smallest absolute Gasteiger partial charge is 0.223 e. The lowest BCUT2D eigenvalue weighted by Gasteiger charge is -2.13. The van der Waals surface area contributed by atoms with Gasteiger partial charge in [-0.1, -0.05) is 58.5 Å². The van der Waals surface area contributed by atoms with Crippen LogP contribution in [0.4, 0.5) is 0 Å². The van der Waals surface area contributed by atoms with Crippen LogP contribution in [0.5, 0.6) is 0 Å². The second-order valence-corrected chi connectivity index (χ2v) is 11.4. The van der Waals surface area contributed by atoms with Crippen LogP contribution in [0.2, 0.25) is 0 Å². The Hall–Kier alpha value is -2.32. The second kappa shape index (κ2) is 8.81. The topological polar surface area (TPSA) is 77.3 Å². The van der Waals surface area contributed by atoms with Crippen molar-refractivity contribution in [2.45, 2.75) is 61.5 Å². The molecule has 0 aromatic heterocycles. The molecule has 0 radical (unpaired) electrons. The van der Waals surface area contributed by atoms with Crippen LogP contribution in [-0.4, -0.2) is 29.7 Å². The quantitative estimate of drug-likeness (QED) is 0.628. The number of oxime groups is 2. The van der Waals surface area contributed by atoms with Crippen LogP contribution in [0, 0.1) is 0 Å². The van der Waals surface area contributed by atoms with Gasteiger partial charge in [-0.3, -0.25) is 0 Å². The molecule has 0 saturated carbocycles. The summed E-state index contributed by atoms with van der Waals surface area (Å²) in [6.07, 6.45) is 1.21. The van der Waals surface area contributed by atoms with E-state index >= 15 is 0 Å². The SMILES string of the molecule is CC1(C)CC(S(=O)(=O)c2ccccc2)=NO1.CC1(C)CC(Sc2ccccc2)=NO1. The molecule has 0 N–H and O–H groups in total. The van der Waals surface area contributed by atoms with E-state index in [-0.39, 0.29) is 15.5 Å². The molecule has 0 fully saturated rings. The van der Waals surface area contributed by atoms with Crippen molar-refractivity contribution in [2.75, 3.05) is 0 Å². The third-order valence-electron chi connectivity index (χ3n) is 4.29. The summed E-state index contributed by atoms with van der Waals surface area (Å²) >= 11 is 1.68. The van der Waals surface area contributed by atoms with Crippen molar-refractivity contribution >= 4 is 31.7 Å². The van der Waals surface area contributed by atoms with E-state index in [2.05, 4.69) is 36.3 Å². The van der Waals surface area contributed by atoms with Crippen LogP contribution < -0.4 is 0 Å². The predicted molar refractivity (Wildman–Crippen MR) is 120 cm³/mol. The number of thioether (sulfide) groups is 1. The number of nitrogens with zero attached hydrogens (tertiary/aromatic N) is 2. The zero-order valence-corrected chi connectivity index (χ0v) is 19.2. The minimum absolute atomic E-state index is 0.101. The van der Waals surface area contributed by atoms with Gasteiger partial charge in [0.1, 0.15) is 16.2 Å². The Morgan fingerprint density at radius 2 is 1.33 bits per heavy atom. The van der Waals surface area contributed by atoms with Crippen molar-refractivity contribution in [2.24, 2.45) is 10.3 Å². The van der Waals surface area contributed by atoms with E-state index in [0.717, 1.165) is 11.5 Å². The van der Waals surface area contributed by atoms with E-state index in [4.69, 9.17) is 9.68 Å². The largest absolute Gasteiger partial charge is 0.389 e. The number of rotatable bonds is 2. The molecule has 0 bridgehead atoms. The van der Waals surface area contributed by atoms with Gasteiger partial charge in [0.2, 0.25) is 9.84 Å². The maximum Gasteiger partial charge on any atom is 0.223 e. The Morgan fingerprint density at radius 1 is 0.800 bits per heavy atom. The standard InChI is InChI=1S/C11H13NO3S.C11H13NOS/c1-11(2)8-10(12-15-11)16(13,14)9-6-4-3-5-7-9;1-11(2)8-10(12-13-11)14-9-6-4-3-5-7-9/h3-7H,8H2,1-2H3;3-7H,8H2,1-2H3. The fourth-order valence-corrected chi connectivity index (χ4v) is 5.29. The minimum Gasteiger partial charge on any atom is -0.389 e. The molecule has 0 aliphatic carbocycles. The molecule has 2 aromatic rings. The number of hydrogen-bond acceptors (Lipinski definition) is 7. The number of benzene rings is 2. The Balaban J connectivity index is 0.000000172. The third-order valence-corrected chi connectivity index (χ3v) is 6.98. The van der Waals surface area contributed by atoms with Crippen LogP contribution in [-0.2, 0) is 19.5 Å². The molecule has 30 heavy (non-hydrogen) atoms. The molecule has 2 aliphatic rings. The summed E-state index contributed by atoms with van der Waals surface area (Å²) in [5.74, 6) is 0. The van der Waals surface area contributed by atoms with E-state index in [0.29, 0.717) is 6.42 Å². The normalized spacial score (nSPS) is 18.9. The van der Waals surface area contributed by atoms with Crippen molar-refractivity contribution < 1.29 is 18.1 Å². The summed E-state index contributed by atoms with van der Waals surface area (Å²) in [5, 5.41) is 8.89. The highest BCUT2D eigenvalue weighted by Gasteiger charge is 2.36. The van der Waals surface area contributed by atoms with Gasteiger partial charge in [-0.2, -0.15) is 0 Å². The number of sulfone groups is 1. The summed E-state index contributed by atoms with van der Waals surface area (Å²) in [7, 11) is -3.48. The van der Waals surface area contributed by atoms with Crippen molar-refractivity contribution in [3.05, 3.63) is 60.7 Å². The fourth-order valence-electron chi connectivity index (χ4n) is 2.77. The first-order chi connectivity index (χ1) is 14.1. The Morgan fingerprint density at radius 3 is 1.83 bits per heavy atom. The molecule has 0 spiro atoms. The van der Waals surface area contributed by atoms with Crippen molar-refractivity contribution in [1.82, 2.24) is 0 Å². The first-order valence-electron chi connectivity index (χ1n) is 9.61. The molecular weight excluding hydrogens is 420 g/mol. The van der Waals surface area contributed by atoms with Crippen LogP contribution in [0.15, 0.2) is 80.8 Å². The fraction of sp³-hybridized carbons (Fsp3) is 0.364. The van der Waals surface area contributed by atoms with E-state index in [1.807, 2.05) is 32.0 Å².